The number of amides is 2. The van der Waals surface area contributed by atoms with Crippen LogP contribution in [0.15, 0.2) is 97.1 Å². The second kappa shape index (κ2) is 9.31. The van der Waals surface area contributed by atoms with Crippen LogP contribution < -0.4 is 10.6 Å². The fourth-order valence-corrected chi connectivity index (χ4v) is 3.56. The van der Waals surface area contributed by atoms with Gasteiger partial charge in [-0.05, 0) is 61.4 Å². The van der Waals surface area contributed by atoms with Gasteiger partial charge in [0.25, 0.3) is 11.8 Å². The molecule has 4 aromatic carbocycles. The Labute approximate surface area is 187 Å². The molecule has 0 aliphatic rings. The van der Waals surface area contributed by atoms with Crippen molar-refractivity contribution in [2.24, 2.45) is 0 Å². The third-order valence-corrected chi connectivity index (χ3v) is 5.21. The second-order valence-corrected chi connectivity index (χ2v) is 7.74. The third-order valence-electron chi connectivity index (χ3n) is 5.21. The van der Waals surface area contributed by atoms with Crippen molar-refractivity contribution >= 4 is 23.2 Å². The minimum Gasteiger partial charge on any atom is -0.321 e. The summed E-state index contributed by atoms with van der Waals surface area (Å²) in [5.74, 6) is -0.362. The average Bonchev–Trinajstić information content (AvgIpc) is 2.81. The van der Waals surface area contributed by atoms with Crippen LogP contribution in [-0.2, 0) is 0 Å². The molecule has 0 fully saturated rings. The van der Waals surface area contributed by atoms with Crippen LogP contribution in [0.1, 0.15) is 31.8 Å². The molecule has 2 amide bonds. The monoisotopic (exact) mass is 420 g/mol. The molecule has 4 aromatic rings. The van der Waals surface area contributed by atoms with Crippen molar-refractivity contribution in [3.8, 4) is 11.1 Å². The molecule has 0 saturated carbocycles. The van der Waals surface area contributed by atoms with E-state index in [1.165, 1.54) is 0 Å². The van der Waals surface area contributed by atoms with Crippen LogP contribution in [0.5, 0.6) is 0 Å². The number of benzene rings is 4. The molecule has 0 aliphatic heterocycles. The van der Waals surface area contributed by atoms with Crippen molar-refractivity contribution in [3.63, 3.8) is 0 Å². The quantitative estimate of drug-likeness (QED) is 0.388. The van der Waals surface area contributed by atoms with E-state index in [9.17, 15) is 9.59 Å². The summed E-state index contributed by atoms with van der Waals surface area (Å²) in [4.78, 5) is 25.7. The molecule has 4 nitrogen and oxygen atoms in total. The fraction of sp³-hybridized carbons (Fsp3) is 0.0714. The average molecular weight is 421 g/mol. The van der Waals surface area contributed by atoms with Gasteiger partial charge in [0.2, 0.25) is 0 Å². The summed E-state index contributed by atoms with van der Waals surface area (Å²) < 4.78 is 0. The van der Waals surface area contributed by atoms with Crippen LogP contribution in [0.4, 0.5) is 11.4 Å². The standard InChI is InChI=1S/C28H24N2O2/c1-19-13-15-23(25(17-19)29-27(31)21-9-5-3-6-10-21)24-16-14-20(2)18-26(24)30-28(32)22-11-7-4-8-12-22/h3-18H,1-2H3,(H,29,31)(H,30,32). The Kier molecular flexibility index (Phi) is 6.13. The Morgan fingerprint density at radius 2 is 0.906 bits per heavy atom. The van der Waals surface area contributed by atoms with Gasteiger partial charge in [-0.3, -0.25) is 9.59 Å². The highest BCUT2D eigenvalue weighted by atomic mass is 16.2. The zero-order chi connectivity index (χ0) is 22.5. The Morgan fingerprint density at radius 3 is 1.28 bits per heavy atom. The minimum atomic E-state index is -0.181. The molecular formula is C28H24N2O2. The van der Waals surface area contributed by atoms with Crippen LogP contribution in [0.2, 0.25) is 0 Å². The number of nitrogens with one attached hydrogen (secondary N) is 2. The molecule has 158 valence electrons. The Morgan fingerprint density at radius 1 is 0.531 bits per heavy atom. The lowest BCUT2D eigenvalue weighted by atomic mass is 9.98. The summed E-state index contributed by atoms with van der Waals surface area (Å²) in [5, 5.41) is 6.08. The molecule has 0 aromatic heterocycles. The summed E-state index contributed by atoms with van der Waals surface area (Å²) in [6.45, 7) is 3.96. The fourth-order valence-electron chi connectivity index (χ4n) is 3.56. The number of carbonyl (C=O) groups is 2. The minimum absolute atomic E-state index is 0.181. The number of aryl methyl sites for hydroxylation is 2. The first kappa shape index (κ1) is 21.1. The summed E-state index contributed by atoms with van der Waals surface area (Å²) >= 11 is 0. The Balaban J connectivity index is 1.72. The molecule has 0 saturated heterocycles. The molecular weight excluding hydrogens is 396 g/mol. The Hall–Kier alpha value is -4.18. The van der Waals surface area contributed by atoms with Crippen molar-refractivity contribution in [1.29, 1.82) is 0 Å². The first-order valence-corrected chi connectivity index (χ1v) is 10.5. The number of hydrogen-bond acceptors (Lipinski definition) is 2. The number of carbonyl (C=O) groups excluding carboxylic acids is 2. The normalized spacial score (nSPS) is 10.4. The molecule has 0 radical (unpaired) electrons. The second-order valence-electron chi connectivity index (χ2n) is 7.74. The van der Waals surface area contributed by atoms with Crippen molar-refractivity contribution in [3.05, 3.63) is 119 Å². The molecule has 0 bridgehead atoms. The third kappa shape index (κ3) is 4.76. The molecule has 0 heterocycles. The van der Waals surface area contributed by atoms with Gasteiger partial charge in [0.05, 0.1) is 0 Å². The Bertz CT molecular complexity index is 1160. The van der Waals surface area contributed by atoms with Gasteiger partial charge in [-0.25, -0.2) is 0 Å². The maximum atomic E-state index is 12.8. The lowest BCUT2D eigenvalue weighted by Gasteiger charge is -2.17. The van der Waals surface area contributed by atoms with Gasteiger partial charge in [0, 0.05) is 33.6 Å². The largest absolute Gasteiger partial charge is 0.321 e. The van der Waals surface area contributed by atoms with Gasteiger partial charge < -0.3 is 10.6 Å². The zero-order valence-corrected chi connectivity index (χ0v) is 18.1. The topological polar surface area (TPSA) is 58.2 Å². The van der Waals surface area contributed by atoms with Crippen LogP contribution >= 0.6 is 0 Å². The van der Waals surface area contributed by atoms with Crippen molar-refractivity contribution in [2.45, 2.75) is 13.8 Å². The summed E-state index contributed by atoms with van der Waals surface area (Å²) in [5.41, 5.74) is 6.28. The molecule has 4 heteroatoms. The summed E-state index contributed by atoms with van der Waals surface area (Å²) in [7, 11) is 0. The smallest absolute Gasteiger partial charge is 0.255 e. The predicted octanol–water partition coefficient (Wildman–Crippen LogP) is 6.48. The van der Waals surface area contributed by atoms with E-state index in [1.54, 1.807) is 24.3 Å². The SMILES string of the molecule is Cc1ccc(-c2ccc(C)cc2NC(=O)c2ccccc2)c(NC(=O)c2ccccc2)c1. The van der Waals surface area contributed by atoms with Crippen molar-refractivity contribution in [2.75, 3.05) is 10.6 Å². The maximum Gasteiger partial charge on any atom is 0.255 e. The number of anilines is 2. The molecule has 0 spiro atoms. The maximum absolute atomic E-state index is 12.8. The number of hydrogen-bond donors (Lipinski definition) is 2. The molecule has 0 unspecified atom stereocenters. The van der Waals surface area contributed by atoms with E-state index in [1.807, 2.05) is 86.6 Å². The highest BCUT2D eigenvalue weighted by Gasteiger charge is 2.15. The van der Waals surface area contributed by atoms with Crippen LogP contribution in [-0.4, -0.2) is 11.8 Å². The van der Waals surface area contributed by atoms with Gasteiger partial charge in [0.1, 0.15) is 0 Å². The van der Waals surface area contributed by atoms with Gasteiger partial charge in [-0.2, -0.15) is 0 Å². The van der Waals surface area contributed by atoms with E-state index in [0.717, 1.165) is 22.3 Å². The zero-order valence-electron chi connectivity index (χ0n) is 18.1. The molecule has 2 N–H and O–H groups in total. The molecule has 4 rings (SSSR count). The molecule has 32 heavy (non-hydrogen) atoms. The van der Waals surface area contributed by atoms with Gasteiger partial charge in [0.15, 0.2) is 0 Å². The highest BCUT2D eigenvalue weighted by Crippen LogP contribution is 2.35. The molecule has 0 atom stereocenters. The number of rotatable bonds is 5. The van der Waals surface area contributed by atoms with Gasteiger partial charge in [-0.15, -0.1) is 0 Å². The van der Waals surface area contributed by atoms with E-state index in [2.05, 4.69) is 10.6 Å². The van der Waals surface area contributed by atoms with E-state index in [4.69, 9.17) is 0 Å². The predicted molar refractivity (Wildman–Crippen MR) is 130 cm³/mol. The van der Waals surface area contributed by atoms with Crippen LogP contribution in [0.25, 0.3) is 11.1 Å². The highest BCUT2D eigenvalue weighted by molar-refractivity contribution is 6.09. The van der Waals surface area contributed by atoms with Gasteiger partial charge >= 0.3 is 0 Å². The van der Waals surface area contributed by atoms with Crippen molar-refractivity contribution in [1.82, 2.24) is 0 Å². The van der Waals surface area contributed by atoms with E-state index in [-0.39, 0.29) is 11.8 Å². The van der Waals surface area contributed by atoms with E-state index in [0.29, 0.717) is 22.5 Å². The lowest BCUT2D eigenvalue weighted by Crippen LogP contribution is -2.14. The van der Waals surface area contributed by atoms with Crippen molar-refractivity contribution < 1.29 is 9.59 Å². The van der Waals surface area contributed by atoms with Gasteiger partial charge in [-0.1, -0.05) is 60.7 Å². The first-order valence-electron chi connectivity index (χ1n) is 10.5. The van der Waals surface area contributed by atoms with Crippen LogP contribution in [0.3, 0.4) is 0 Å². The summed E-state index contributed by atoms with van der Waals surface area (Å²) in [6, 6.07) is 30.0. The lowest BCUT2D eigenvalue weighted by molar-refractivity contribution is 0.101. The van der Waals surface area contributed by atoms with E-state index < -0.39 is 0 Å². The summed E-state index contributed by atoms with van der Waals surface area (Å²) in [6.07, 6.45) is 0. The van der Waals surface area contributed by atoms with Crippen LogP contribution in [0, 0.1) is 13.8 Å². The molecule has 0 aliphatic carbocycles. The first-order chi connectivity index (χ1) is 15.5. The van der Waals surface area contributed by atoms with E-state index >= 15 is 0 Å².